The Kier molecular flexibility index (Phi) is 6.49. The number of hydrogen-bond donors (Lipinski definition) is 3. The van der Waals surface area contributed by atoms with E-state index in [0.29, 0.717) is 18.2 Å². The van der Waals surface area contributed by atoms with Crippen LogP contribution in [0.2, 0.25) is 0 Å². The lowest BCUT2D eigenvalue weighted by molar-refractivity contribution is -0.142. The lowest BCUT2D eigenvalue weighted by Gasteiger charge is -2.26. The molecule has 0 bridgehead atoms. The Bertz CT molecular complexity index is 1160. The average molecular weight is 468 g/mol. The summed E-state index contributed by atoms with van der Waals surface area (Å²) in [5, 5.41) is 18.3. The van der Waals surface area contributed by atoms with Crippen molar-refractivity contribution >= 4 is 23.8 Å². The van der Waals surface area contributed by atoms with E-state index in [1.54, 1.807) is 13.8 Å². The number of hydrogen-bond acceptors (Lipinski definition) is 7. The first kappa shape index (κ1) is 23.2. The summed E-state index contributed by atoms with van der Waals surface area (Å²) in [6.45, 7) is 3.33. The number of aromatic nitrogens is 2. The van der Waals surface area contributed by atoms with Gasteiger partial charge in [-0.05, 0) is 49.0 Å². The zero-order valence-electron chi connectivity index (χ0n) is 18.7. The quantitative estimate of drug-likeness (QED) is 0.389. The van der Waals surface area contributed by atoms with Crippen LogP contribution in [-0.4, -0.2) is 32.8 Å². The largest absolute Gasteiger partial charge is 0.480 e. The van der Waals surface area contributed by atoms with Crippen LogP contribution < -0.4 is 10.6 Å². The Morgan fingerprint density at radius 3 is 2.62 bits per heavy atom. The van der Waals surface area contributed by atoms with E-state index in [-0.39, 0.29) is 17.0 Å². The van der Waals surface area contributed by atoms with Gasteiger partial charge in [0.1, 0.15) is 23.0 Å². The summed E-state index contributed by atoms with van der Waals surface area (Å²) in [7, 11) is 0. The molecule has 0 aliphatic heterocycles. The minimum Gasteiger partial charge on any atom is -0.480 e. The van der Waals surface area contributed by atoms with Crippen molar-refractivity contribution in [2.45, 2.75) is 44.8 Å². The summed E-state index contributed by atoms with van der Waals surface area (Å²) in [5.41, 5.74) is -0.175. The van der Waals surface area contributed by atoms with Gasteiger partial charge < -0.3 is 19.7 Å². The van der Waals surface area contributed by atoms with Gasteiger partial charge in [-0.3, -0.25) is 5.32 Å². The molecule has 2 heterocycles. The molecule has 1 aliphatic carbocycles. The molecule has 1 fully saturated rings. The Labute approximate surface area is 195 Å². The fourth-order valence-corrected chi connectivity index (χ4v) is 3.67. The molecule has 178 valence electrons. The van der Waals surface area contributed by atoms with Gasteiger partial charge in [-0.15, -0.1) is 0 Å². The highest BCUT2D eigenvalue weighted by atomic mass is 19.1. The van der Waals surface area contributed by atoms with Crippen LogP contribution in [0.15, 0.2) is 53.2 Å². The molecule has 1 amide bonds. The van der Waals surface area contributed by atoms with E-state index in [2.05, 4.69) is 20.8 Å². The minimum absolute atomic E-state index is 0.0951. The molecule has 3 N–H and O–H groups in total. The van der Waals surface area contributed by atoms with Crippen LogP contribution in [-0.2, 0) is 9.53 Å². The van der Waals surface area contributed by atoms with Gasteiger partial charge in [0.2, 0.25) is 5.88 Å². The number of carbonyl (C=O) groups is 2. The molecule has 0 radical (unpaired) electrons. The smallest absolute Gasteiger partial charge is 0.414 e. The molecule has 1 aliphatic rings. The molecule has 4 rings (SSSR count). The van der Waals surface area contributed by atoms with Gasteiger partial charge in [-0.25, -0.2) is 14.6 Å². The highest BCUT2D eigenvalue weighted by Gasteiger charge is 2.39. The molecule has 2 atom stereocenters. The van der Waals surface area contributed by atoms with Gasteiger partial charge >= 0.3 is 12.1 Å². The van der Waals surface area contributed by atoms with Gasteiger partial charge in [-0.2, -0.15) is 4.39 Å². The fraction of sp³-hybridized carbons (Fsp3) is 0.333. The molecule has 0 saturated heterocycles. The van der Waals surface area contributed by atoms with Crippen molar-refractivity contribution in [1.29, 1.82) is 0 Å². The Hall–Kier alpha value is -3.95. The SMILES string of the molecule is CC(OC(=O)Nc1onc(F)c1-c1ccc(NC(C)(CC2CC2)C(=O)O)nc1)c1ccccc1. The second kappa shape index (κ2) is 9.50. The van der Waals surface area contributed by atoms with Crippen molar-refractivity contribution in [2.75, 3.05) is 10.6 Å². The first-order chi connectivity index (χ1) is 16.2. The number of carboxylic acid groups (broad SMARTS) is 1. The van der Waals surface area contributed by atoms with E-state index in [1.807, 2.05) is 30.3 Å². The molecule has 0 spiro atoms. The molecule has 1 aromatic carbocycles. The predicted molar refractivity (Wildman–Crippen MR) is 122 cm³/mol. The number of carbonyl (C=O) groups excluding carboxylic acids is 1. The Morgan fingerprint density at radius 1 is 1.26 bits per heavy atom. The van der Waals surface area contributed by atoms with E-state index in [9.17, 15) is 19.1 Å². The number of benzene rings is 1. The number of pyridine rings is 1. The van der Waals surface area contributed by atoms with Crippen molar-refractivity contribution in [3.63, 3.8) is 0 Å². The summed E-state index contributed by atoms with van der Waals surface area (Å²) in [5.74, 6) is -1.41. The van der Waals surface area contributed by atoms with Gasteiger partial charge in [0.05, 0.1) is 0 Å². The van der Waals surface area contributed by atoms with Crippen molar-refractivity contribution in [2.24, 2.45) is 5.92 Å². The van der Waals surface area contributed by atoms with Crippen LogP contribution >= 0.6 is 0 Å². The molecule has 2 aromatic heterocycles. The average Bonchev–Trinajstić information content (AvgIpc) is 3.55. The van der Waals surface area contributed by atoms with E-state index in [0.717, 1.165) is 18.4 Å². The first-order valence-corrected chi connectivity index (χ1v) is 10.9. The van der Waals surface area contributed by atoms with E-state index in [1.165, 1.54) is 18.3 Å². The molecular formula is C24H25FN4O5. The van der Waals surface area contributed by atoms with Crippen molar-refractivity contribution in [1.82, 2.24) is 10.1 Å². The zero-order chi connectivity index (χ0) is 24.3. The second-order valence-electron chi connectivity index (χ2n) is 8.60. The normalized spacial score (nSPS) is 15.7. The Balaban J connectivity index is 1.46. The maximum atomic E-state index is 14.4. The molecule has 9 nitrogen and oxygen atoms in total. The maximum Gasteiger partial charge on any atom is 0.414 e. The summed E-state index contributed by atoms with van der Waals surface area (Å²) in [6.07, 6.45) is 2.50. The number of rotatable bonds is 9. The summed E-state index contributed by atoms with van der Waals surface area (Å²) in [4.78, 5) is 28.3. The topological polar surface area (TPSA) is 127 Å². The third-order valence-electron chi connectivity index (χ3n) is 5.74. The number of anilines is 2. The molecule has 2 unspecified atom stereocenters. The highest BCUT2D eigenvalue weighted by molar-refractivity contribution is 5.89. The number of carboxylic acids is 1. The molecule has 3 aromatic rings. The Morgan fingerprint density at radius 2 is 2.00 bits per heavy atom. The van der Waals surface area contributed by atoms with E-state index in [4.69, 9.17) is 9.26 Å². The van der Waals surface area contributed by atoms with E-state index >= 15 is 0 Å². The standard InChI is InChI=1S/C24H25FN4O5/c1-14(16-6-4-3-5-7-16)33-23(32)27-21-19(20(25)29-34-21)17-10-11-18(26-13-17)28-24(2,22(30)31)12-15-8-9-15/h3-7,10-11,13-15H,8-9,12H2,1-2H3,(H,26,28)(H,27,32)(H,30,31). The van der Waals surface area contributed by atoms with Gasteiger partial charge in [0, 0.05) is 11.8 Å². The minimum atomic E-state index is -1.16. The summed E-state index contributed by atoms with van der Waals surface area (Å²) >= 11 is 0. The van der Waals surface area contributed by atoms with Crippen LogP contribution in [0.1, 0.15) is 44.8 Å². The predicted octanol–water partition coefficient (Wildman–Crippen LogP) is 5.24. The lowest BCUT2D eigenvalue weighted by atomic mass is 9.95. The summed E-state index contributed by atoms with van der Waals surface area (Å²) in [6, 6.07) is 12.2. The van der Waals surface area contributed by atoms with Gasteiger partial charge in [-0.1, -0.05) is 43.2 Å². The summed E-state index contributed by atoms with van der Waals surface area (Å²) < 4.78 is 24.7. The number of nitrogens with zero attached hydrogens (tertiary/aromatic N) is 2. The molecule has 34 heavy (non-hydrogen) atoms. The third kappa shape index (κ3) is 5.33. The number of ether oxygens (including phenoxy) is 1. The second-order valence-corrected chi connectivity index (χ2v) is 8.60. The van der Waals surface area contributed by atoms with Gasteiger partial charge in [0.25, 0.3) is 5.95 Å². The number of nitrogens with one attached hydrogen (secondary N) is 2. The molecule has 1 saturated carbocycles. The van der Waals surface area contributed by atoms with Crippen LogP contribution in [0.4, 0.5) is 20.9 Å². The number of halogens is 1. The van der Waals surface area contributed by atoms with Crippen molar-refractivity contribution in [3.05, 3.63) is 60.2 Å². The number of amides is 1. The van der Waals surface area contributed by atoms with Crippen LogP contribution in [0.3, 0.4) is 0 Å². The molecular weight excluding hydrogens is 443 g/mol. The fourth-order valence-electron chi connectivity index (χ4n) is 3.67. The van der Waals surface area contributed by atoms with Crippen molar-refractivity contribution < 1.29 is 28.3 Å². The van der Waals surface area contributed by atoms with E-state index < -0.39 is 29.7 Å². The monoisotopic (exact) mass is 468 g/mol. The lowest BCUT2D eigenvalue weighted by Crippen LogP contribution is -2.44. The first-order valence-electron chi connectivity index (χ1n) is 10.9. The van der Waals surface area contributed by atoms with Crippen molar-refractivity contribution in [3.8, 4) is 11.1 Å². The third-order valence-corrected chi connectivity index (χ3v) is 5.74. The number of aliphatic carboxylic acids is 1. The van der Waals surface area contributed by atoms with Crippen LogP contribution in [0.5, 0.6) is 0 Å². The molecule has 10 heteroatoms. The highest BCUT2D eigenvalue weighted by Crippen LogP contribution is 2.38. The van der Waals surface area contributed by atoms with Gasteiger partial charge in [0.15, 0.2) is 0 Å². The van der Waals surface area contributed by atoms with Crippen LogP contribution in [0, 0.1) is 11.9 Å². The maximum absolute atomic E-state index is 14.4. The zero-order valence-corrected chi connectivity index (χ0v) is 18.7. The van der Waals surface area contributed by atoms with Crippen LogP contribution in [0.25, 0.3) is 11.1 Å².